The van der Waals surface area contributed by atoms with Gasteiger partial charge in [-0.25, -0.2) is 4.98 Å². The summed E-state index contributed by atoms with van der Waals surface area (Å²) in [6.07, 6.45) is 15.2. The zero-order chi connectivity index (χ0) is 17.8. The summed E-state index contributed by atoms with van der Waals surface area (Å²) < 4.78 is 2.26. The van der Waals surface area contributed by atoms with Crippen molar-refractivity contribution in [2.45, 2.75) is 31.6 Å². The quantitative estimate of drug-likeness (QED) is 0.520. The number of likely N-dealkylation sites (tertiary alicyclic amines) is 1. The Labute approximate surface area is 158 Å². The normalized spacial score (nSPS) is 19.4. The van der Waals surface area contributed by atoms with Crippen LogP contribution >= 0.6 is 0 Å². The van der Waals surface area contributed by atoms with Crippen LogP contribution in [0.15, 0.2) is 43.1 Å². The molecular weight excluding hydrogens is 334 g/mol. The van der Waals surface area contributed by atoms with Gasteiger partial charge in [-0.1, -0.05) is 0 Å². The van der Waals surface area contributed by atoms with Gasteiger partial charge in [-0.15, -0.1) is 0 Å². The number of fused-ring (bicyclic) bond motifs is 6. The standard InChI is InChI=1S/C22H23N5/c1-2-15(1)13-26-9-5-16(6-10-26)20-14-27-21-4-8-24-12-19(21)18-11-23-7-3-17(18)22(27)25-20/h3-4,7-8,11-12,14-16H,1-2,5-6,9-10,13H2. The topological polar surface area (TPSA) is 46.3 Å². The highest BCUT2D eigenvalue weighted by Gasteiger charge is 2.28. The minimum absolute atomic E-state index is 0.564. The Kier molecular flexibility index (Phi) is 3.44. The third-order valence-electron chi connectivity index (χ3n) is 6.35. The monoisotopic (exact) mass is 357 g/mol. The van der Waals surface area contributed by atoms with Crippen LogP contribution in [0.1, 0.15) is 37.3 Å². The van der Waals surface area contributed by atoms with Crippen molar-refractivity contribution in [2.75, 3.05) is 19.6 Å². The fraction of sp³-hybridized carbons (Fsp3) is 0.409. The van der Waals surface area contributed by atoms with E-state index in [0.717, 1.165) is 33.2 Å². The summed E-state index contributed by atoms with van der Waals surface area (Å²) in [5, 5.41) is 3.42. The molecule has 0 unspecified atom stereocenters. The average molecular weight is 357 g/mol. The maximum Gasteiger partial charge on any atom is 0.145 e. The highest BCUT2D eigenvalue weighted by molar-refractivity contribution is 6.10. The summed E-state index contributed by atoms with van der Waals surface area (Å²) in [6.45, 7) is 3.74. The average Bonchev–Trinajstić information content (AvgIpc) is 3.42. The van der Waals surface area contributed by atoms with Gasteiger partial charge in [-0.3, -0.25) is 14.4 Å². The summed E-state index contributed by atoms with van der Waals surface area (Å²) in [7, 11) is 0. The van der Waals surface area contributed by atoms with Crippen LogP contribution in [0.2, 0.25) is 0 Å². The first-order valence-electron chi connectivity index (χ1n) is 10.1. The first-order chi connectivity index (χ1) is 13.4. The molecule has 1 aliphatic heterocycles. The van der Waals surface area contributed by atoms with E-state index in [1.54, 1.807) is 0 Å². The SMILES string of the molecule is c1cc2c(cn1)c1cnccc1n1cc(C3CCN(CC4CC4)CC3)nc21. The van der Waals surface area contributed by atoms with Gasteiger partial charge in [0.2, 0.25) is 0 Å². The molecule has 0 spiro atoms. The second kappa shape index (κ2) is 5.99. The number of piperidine rings is 1. The third-order valence-corrected chi connectivity index (χ3v) is 6.35. The van der Waals surface area contributed by atoms with Gasteiger partial charge in [0.25, 0.3) is 0 Å². The van der Waals surface area contributed by atoms with Gasteiger partial charge in [-0.2, -0.15) is 0 Å². The molecule has 136 valence electrons. The summed E-state index contributed by atoms with van der Waals surface area (Å²) in [4.78, 5) is 16.4. The molecule has 27 heavy (non-hydrogen) atoms. The number of nitrogens with zero attached hydrogens (tertiary/aromatic N) is 5. The Hall–Kier alpha value is -2.53. The van der Waals surface area contributed by atoms with Gasteiger partial charge in [-0.05, 0) is 56.8 Å². The lowest BCUT2D eigenvalue weighted by atomic mass is 9.94. The highest BCUT2D eigenvalue weighted by Crippen LogP contribution is 2.35. The number of rotatable bonds is 3. The summed E-state index contributed by atoms with van der Waals surface area (Å²) in [5.74, 6) is 1.55. The minimum atomic E-state index is 0.564. The predicted octanol–water partition coefficient (Wildman–Crippen LogP) is 4.02. The summed E-state index contributed by atoms with van der Waals surface area (Å²) in [5.41, 5.74) is 3.44. The number of hydrogen-bond acceptors (Lipinski definition) is 4. The number of pyridine rings is 3. The molecule has 1 aliphatic carbocycles. The second-order valence-electron chi connectivity index (χ2n) is 8.19. The van der Waals surface area contributed by atoms with Crippen molar-refractivity contribution in [1.29, 1.82) is 0 Å². The molecule has 1 saturated heterocycles. The fourth-order valence-corrected chi connectivity index (χ4v) is 4.65. The van der Waals surface area contributed by atoms with Crippen molar-refractivity contribution in [3.63, 3.8) is 0 Å². The minimum Gasteiger partial charge on any atom is -0.303 e. The maximum atomic E-state index is 5.11. The predicted molar refractivity (Wildman–Crippen MR) is 107 cm³/mol. The van der Waals surface area contributed by atoms with Gasteiger partial charge in [0, 0.05) is 59.6 Å². The van der Waals surface area contributed by atoms with Gasteiger partial charge >= 0.3 is 0 Å². The van der Waals surface area contributed by atoms with E-state index in [2.05, 4.69) is 37.6 Å². The smallest absolute Gasteiger partial charge is 0.145 e. The molecule has 1 saturated carbocycles. The fourth-order valence-electron chi connectivity index (χ4n) is 4.65. The number of aromatic nitrogens is 4. The molecule has 0 amide bonds. The van der Waals surface area contributed by atoms with Crippen LogP contribution in [0, 0.1) is 5.92 Å². The molecule has 5 heteroatoms. The molecule has 6 rings (SSSR count). The Morgan fingerprint density at radius 2 is 1.67 bits per heavy atom. The summed E-state index contributed by atoms with van der Waals surface area (Å²) >= 11 is 0. The van der Waals surface area contributed by atoms with Gasteiger partial charge in [0.05, 0.1) is 11.2 Å². The zero-order valence-electron chi connectivity index (χ0n) is 15.4. The van der Waals surface area contributed by atoms with Crippen LogP contribution < -0.4 is 0 Å². The van der Waals surface area contributed by atoms with Crippen molar-refractivity contribution in [1.82, 2.24) is 24.3 Å². The Bertz CT molecular complexity index is 1060. The molecule has 5 heterocycles. The van der Waals surface area contributed by atoms with E-state index >= 15 is 0 Å². The van der Waals surface area contributed by atoms with Crippen LogP contribution in [-0.2, 0) is 0 Å². The first kappa shape index (κ1) is 15.5. The zero-order valence-corrected chi connectivity index (χ0v) is 15.4. The molecule has 0 N–H and O–H groups in total. The van der Waals surface area contributed by atoms with E-state index in [-0.39, 0.29) is 0 Å². The summed E-state index contributed by atoms with van der Waals surface area (Å²) in [6, 6.07) is 4.16. The van der Waals surface area contributed by atoms with Crippen molar-refractivity contribution in [3.05, 3.63) is 48.8 Å². The number of hydrogen-bond donors (Lipinski definition) is 0. The lowest BCUT2D eigenvalue weighted by molar-refractivity contribution is 0.203. The Morgan fingerprint density at radius 3 is 2.48 bits per heavy atom. The molecule has 0 radical (unpaired) electrons. The van der Waals surface area contributed by atoms with Crippen molar-refractivity contribution in [2.24, 2.45) is 5.92 Å². The van der Waals surface area contributed by atoms with Crippen LogP contribution in [-0.4, -0.2) is 43.9 Å². The van der Waals surface area contributed by atoms with Gasteiger partial charge < -0.3 is 4.90 Å². The van der Waals surface area contributed by atoms with Gasteiger partial charge in [0.15, 0.2) is 0 Å². The van der Waals surface area contributed by atoms with E-state index in [1.165, 1.54) is 51.0 Å². The first-order valence-corrected chi connectivity index (χ1v) is 10.1. The molecular formula is C22H23N5. The molecule has 5 nitrogen and oxygen atoms in total. The van der Waals surface area contributed by atoms with Crippen LogP contribution in [0.4, 0.5) is 0 Å². The molecule has 2 fully saturated rings. The van der Waals surface area contributed by atoms with Crippen molar-refractivity contribution < 1.29 is 0 Å². The Morgan fingerprint density at radius 1 is 0.889 bits per heavy atom. The van der Waals surface area contributed by atoms with E-state index in [1.807, 2.05) is 24.8 Å². The van der Waals surface area contributed by atoms with Crippen molar-refractivity contribution in [3.8, 4) is 0 Å². The third kappa shape index (κ3) is 2.60. The maximum absolute atomic E-state index is 5.11. The van der Waals surface area contributed by atoms with E-state index in [9.17, 15) is 0 Å². The highest BCUT2D eigenvalue weighted by atomic mass is 15.1. The van der Waals surface area contributed by atoms with Crippen LogP contribution in [0.5, 0.6) is 0 Å². The largest absolute Gasteiger partial charge is 0.303 e. The van der Waals surface area contributed by atoms with Crippen LogP contribution in [0.25, 0.3) is 27.3 Å². The molecule has 2 aliphatic rings. The number of imidazole rings is 1. The molecule has 0 bridgehead atoms. The van der Waals surface area contributed by atoms with E-state index < -0.39 is 0 Å². The van der Waals surface area contributed by atoms with E-state index in [4.69, 9.17) is 4.98 Å². The van der Waals surface area contributed by atoms with Gasteiger partial charge in [0.1, 0.15) is 5.65 Å². The van der Waals surface area contributed by atoms with Crippen molar-refractivity contribution >= 4 is 27.3 Å². The molecule has 0 atom stereocenters. The molecule has 4 aromatic rings. The molecule has 4 aromatic heterocycles. The lowest BCUT2D eigenvalue weighted by Crippen LogP contribution is -2.34. The lowest BCUT2D eigenvalue weighted by Gasteiger charge is -2.31. The second-order valence-corrected chi connectivity index (χ2v) is 8.19. The molecule has 0 aromatic carbocycles. The Balaban J connectivity index is 1.42. The van der Waals surface area contributed by atoms with E-state index in [0.29, 0.717) is 5.92 Å². The van der Waals surface area contributed by atoms with Crippen LogP contribution in [0.3, 0.4) is 0 Å².